The van der Waals surface area contributed by atoms with Gasteiger partial charge in [0.1, 0.15) is 0 Å². The first-order chi connectivity index (χ1) is 12.6. The number of imidazole rings is 1. The van der Waals surface area contributed by atoms with Crippen LogP contribution in [0, 0.1) is 13.8 Å². The van der Waals surface area contributed by atoms with Crippen LogP contribution in [0.1, 0.15) is 29.7 Å². The zero-order valence-corrected chi connectivity index (χ0v) is 16.1. The van der Waals surface area contributed by atoms with Gasteiger partial charge in [0.15, 0.2) is 5.16 Å². The Balaban J connectivity index is 1.65. The lowest BCUT2D eigenvalue weighted by atomic mass is 10.1. The summed E-state index contributed by atoms with van der Waals surface area (Å²) >= 11 is 1.45. The predicted octanol–water partition coefficient (Wildman–Crippen LogP) is 4.46. The molecule has 0 aliphatic carbocycles. The molecule has 1 amide bonds. The molecule has 3 rings (SSSR count). The highest BCUT2D eigenvalue weighted by Crippen LogP contribution is 2.24. The maximum absolute atomic E-state index is 12.3. The van der Waals surface area contributed by atoms with Crippen molar-refractivity contribution in [3.63, 3.8) is 0 Å². The molecular weight excluding hydrogens is 342 g/mol. The van der Waals surface area contributed by atoms with Crippen molar-refractivity contribution in [2.24, 2.45) is 0 Å². The highest BCUT2D eigenvalue weighted by atomic mass is 32.2. The van der Waals surface area contributed by atoms with Crippen LogP contribution in [0.4, 0.5) is 0 Å². The number of hydrogen-bond acceptors (Lipinski definition) is 3. The smallest absolute Gasteiger partial charge is 0.230 e. The summed E-state index contributed by atoms with van der Waals surface area (Å²) in [7, 11) is 0. The minimum atomic E-state index is -0.0111. The molecule has 4 nitrogen and oxygen atoms in total. The number of thioether (sulfide) groups is 1. The second-order valence-corrected chi connectivity index (χ2v) is 7.23. The van der Waals surface area contributed by atoms with Crippen LogP contribution in [0.5, 0.6) is 0 Å². The minimum absolute atomic E-state index is 0.00173. The van der Waals surface area contributed by atoms with E-state index in [4.69, 9.17) is 0 Å². The Labute approximate surface area is 158 Å². The third-order valence-electron chi connectivity index (χ3n) is 4.45. The van der Waals surface area contributed by atoms with Gasteiger partial charge in [-0.3, -0.25) is 9.36 Å². The number of nitrogens with one attached hydrogen (secondary N) is 1. The van der Waals surface area contributed by atoms with E-state index in [0.29, 0.717) is 5.75 Å². The first kappa shape index (κ1) is 18.3. The quantitative estimate of drug-likeness (QED) is 0.656. The fraction of sp³-hybridized carbons (Fsp3) is 0.238. The molecule has 0 saturated heterocycles. The zero-order valence-electron chi connectivity index (χ0n) is 15.3. The normalized spacial score (nSPS) is 12.0. The van der Waals surface area contributed by atoms with E-state index in [0.717, 1.165) is 16.4 Å². The molecule has 1 heterocycles. The number of aromatic nitrogens is 2. The van der Waals surface area contributed by atoms with Crippen molar-refractivity contribution >= 4 is 17.7 Å². The lowest BCUT2D eigenvalue weighted by Crippen LogP contribution is -2.28. The molecule has 134 valence electrons. The van der Waals surface area contributed by atoms with Gasteiger partial charge in [0.05, 0.1) is 17.5 Å². The van der Waals surface area contributed by atoms with Crippen LogP contribution in [-0.4, -0.2) is 21.2 Å². The molecule has 0 radical (unpaired) electrons. The Hall–Kier alpha value is -2.53. The first-order valence-corrected chi connectivity index (χ1v) is 9.62. The number of hydrogen-bond donors (Lipinski definition) is 1. The average Bonchev–Trinajstić information content (AvgIpc) is 3.11. The molecule has 1 N–H and O–H groups in total. The van der Waals surface area contributed by atoms with Crippen LogP contribution in [0.3, 0.4) is 0 Å². The Morgan fingerprint density at radius 1 is 1.15 bits per heavy atom. The summed E-state index contributed by atoms with van der Waals surface area (Å²) in [4.78, 5) is 16.7. The van der Waals surface area contributed by atoms with Gasteiger partial charge in [-0.25, -0.2) is 4.98 Å². The molecule has 3 aromatic rings. The van der Waals surface area contributed by atoms with Gasteiger partial charge < -0.3 is 5.32 Å². The zero-order chi connectivity index (χ0) is 18.5. The molecule has 0 spiro atoms. The molecule has 0 fully saturated rings. The van der Waals surface area contributed by atoms with Crippen LogP contribution < -0.4 is 5.32 Å². The average molecular weight is 366 g/mol. The minimum Gasteiger partial charge on any atom is -0.349 e. The molecule has 26 heavy (non-hydrogen) atoms. The standard InChI is InChI=1S/C21H23N3OS/c1-15-8-7-11-19(16(15)2)24-13-12-22-21(24)26-14-20(25)23-17(3)18-9-5-4-6-10-18/h4-13,17H,14H2,1-3H3,(H,23,25). The fourth-order valence-electron chi connectivity index (χ4n) is 2.81. The van der Waals surface area contributed by atoms with E-state index in [9.17, 15) is 4.79 Å². The van der Waals surface area contributed by atoms with E-state index >= 15 is 0 Å². The third-order valence-corrected chi connectivity index (χ3v) is 5.42. The summed E-state index contributed by atoms with van der Waals surface area (Å²) in [6, 6.07) is 16.2. The molecule has 5 heteroatoms. The van der Waals surface area contributed by atoms with Crippen LogP contribution in [0.15, 0.2) is 66.1 Å². The van der Waals surface area contributed by atoms with E-state index in [1.54, 1.807) is 6.20 Å². The molecule has 0 bridgehead atoms. The van der Waals surface area contributed by atoms with Gasteiger partial charge in [-0.2, -0.15) is 0 Å². The number of carbonyl (C=O) groups excluding carboxylic acids is 1. The van der Waals surface area contributed by atoms with Crippen LogP contribution in [0.2, 0.25) is 0 Å². The second kappa shape index (κ2) is 8.23. The van der Waals surface area contributed by atoms with Crippen LogP contribution in [-0.2, 0) is 4.79 Å². The van der Waals surface area contributed by atoms with Crippen molar-refractivity contribution in [2.75, 3.05) is 5.75 Å². The largest absolute Gasteiger partial charge is 0.349 e. The molecule has 1 aromatic heterocycles. The first-order valence-electron chi connectivity index (χ1n) is 8.63. The highest BCUT2D eigenvalue weighted by Gasteiger charge is 2.13. The van der Waals surface area contributed by atoms with E-state index in [2.05, 4.69) is 36.3 Å². The van der Waals surface area contributed by atoms with Crippen molar-refractivity contribution in [1.29, 1.82) is 0 Å². The highest BCUT2D eigenvalue weighted by molar-refractivity contribution is 7.99. The monoisotopic (exact) mass is 365 g/mol. The summed E-state index contributed by atoms with van der Waals surface area (Å²) in [5, 5.41) is 3.86. The molecule has 0 aliphatic heterocycles. The van der Waals surface area contributed by atoms with Crippen molar-refractivity contribution in [3.8, 4) is 5.69 Å². The number of rotatable bonds is 6. The second-order valence-electron chi connectivity index (χ2n) is 6.29. The summed E-state index contributed by atoms with van der Waals surface area (Å²) < 4.78 is 2.04. The molecule has 1 unspecified atom stereocenters. The Morgan fingerprint density at radius 3 is 2.69 bits per heavy atom. The summed E-state index contributed by atoms with van der Waals surface area (Å²) in [6.07, 6.45) is 3.71. The SMILES string of the molecule is Cc1cccc(-n2ccnc2SCC(=O)NC(C)c2ccccc2)c1C. The van der Waals surface area contributed by atoms with Gasteiger partial charge in [-0.05, 0) is 43.5 Å². The van der Waals surface area contributed by atoms with Crippen molar-refractivity contribution < 1.29 is 4.79 Å². The topological polar surface area (TPSA) is 46.9 Å². The molecule has 1 atom stereocenters. The molecular formula is C21H23N3OS. The van der Waals surface area contributed by atoms with Crippen molar-refractivity contribution in [2.45, 2.75) is 32.0 Å². The van der Waals surface area contributed by atoms with E-state index in [-0.39, 0.29) is 11.9 Å². The molecule has 2 aromatic carbocycles. The van der Waals surface area contributed by atoms with E-state index < -0.39 is 0 Å². The third kappa shape index (κ3) is 4.17. The van der Waals surface area contributed by atoms with Crippen LogP contribution >= 0.6 is 11.8 Å². The van der Waals surface area contributed by atoms with Gasteiger partial charge >= 0.3 is 0 Å². The Bertz CT molecular complexity index is 889. The number of aryl methyl sites for hydroxylation is 1. The number of carbonyl (C=O) groups is 1. The lowest BCUT2D eigenvalue weighted by molar-refractivity contribution is -0.119. The van der Waals surface area contributed by atoms with E-state index in [1.807, 2.05) is 54.1 Å². The van der Waals surface area contributed by atoms with Gasteiger partial charge in [0.2, 0.25) is 5.91 Å². The summed E-state index contributed by atoms with van der Waals surface area (Å²) in [6.45, 7) is 6.20. The Kier molecular flexibility index (Phi) is 5.78. The Morgan fingerprint density at radius 2 is 1.92 bits per heavy atom. The maximum atomic E-state index is 12.3. The number of benzene rings is 2. The van der Waals surface area contributed by atoms with E-state index in [1.165, 1.54) is 22.9 Å². The lowest BCUT2D eigenvalue weighted by Gasteiger charge is -2.15. The summed E-state index contributed by atoms with van der Waals surface area (Å²) in [5.41, 5.74) is 4.65. The number of amides is 1. The van der Waals surface area contributed by atoms with Crippen molar-refractivity contribution in [3.05, 3.63) is 77.6 Å². The van der Waals surface area contributed by atoms with Crippen LogP contribution in [0.25, 0.3) is 5.69 Å². The molecule has 0 saturated carbocycles. The van der Waals surface area contributed by atoms with Gasteiger partial charge in [-0.15, -0.1) is 0 Å². The predicted molar refractivity (Wildman–Crippen MR) is 107 cm³/mol. The van der Waals surface area contributed by atoms with Crippen molar-refractivity contribution in [1.82, 2.24) is 14.9 Å². The molecule has 0 aliphatic rings. The number of nitrogens with zero attached hydrogens (tertiary/aromatic N) is 2. The fourth-order valence-corrected chi connectivity index (χ4v) is 3.59. The van der Waals surface area contributed by atoms with Gasteiger partial charge in [0, 0.05) is 12.4 Å². The summed E-state index contributed by atoms with van der Waals surface area (Å²) in [5.74, 6) is 0.334. The van der Waals surface area contributed by atoms with Gasteiger partial charge in [0.25, 0.3) is 0 Å². The maximum Gasteiger partial charge on any atom is 0.230 e. The van der Waals surface area contributed by atoms with Gasteiger partial charge in [-0.1, -0.05) is 54.2 Å².